The first kappa shape index (κ1) is 12.1. The normalized spacial score (nSPS) is 10.8. The zero-order valence-corrected chi connectivity index (χ0v) is 11.2. The van der Waals surface area contributed by atoms with Gasteiger partial charge in [-0.2, -0.15) is 0 Å². The molecule has 1 N–H and O–H groups in total. The molecule has 2 heterocycles. The lowest BCUT2D eigenvalue weighted by Crippen LogP contribution is -2.01. The van der Waals surface area contributed by atoms with Gasteiger partial charge >= 0.3 is 0 Å². The molecule has 96 valence electrons. The van der Waals surface area contributed by atoms with Gasteiger partial charge in [-0.15, -0.1) is 0 Å². The van der Waals surface area contributed by atoms with E-state index < -0.39 is 0 Å². The van der Waals surface area contributed by atoms with Crippen LogP contribution in [0, 0.1) is 6.92 Å². The number of nitrogens with one attached hydrogen (secondary N) is 1. The van der Waals surface area contributed by atoms with E-state index in [-0.39, 0.29) is 0 Å². The molecule has 3 aromatic rings. The molecule has 0 unspecified atom stereocenters. The third kappa shape index (κ3) is 2.29. The summed E-state index contributed by atoms with van der Waals surface area (Å²) < 4.78 is 5.73. The largest absolute Gasteiger partial charge is 0.461 e. The van der Waals surface area contributed by atoms with Crippen LogP contribution in [0.4, 0.5) is 5.69 Å². The molecule has 3 rings (SSSR count). The number of rotatable bonds is 3. The molecular formula is C15H13ClN2O. The molecule has 0 saturated carbocycles. The molecule has 3 nitrogen and oxygen atoms in total. The minimum atomic E-state index is 0.480. The van der Waals surface area contributed by atoms with Gasteiger partial charge in [-0.25, -0.2) is 4.98 Å². The highest BCUT2D eigenvalue weighted by atomic mass is 35.5. The highest BCUT2D eigenvalue weighted by Gasteiger charge is 2.10. The Morgan fingerprint density at radius 3 is 2.89 bits per heavy atom. The molecule has 0 spiro atoms. The van der Waals surface area contributed by atoms with Crippen LogP contribution in [-0.4, -0.2) is 4.98 Å². The van der Waals surface area contributed by atoms with E-state index in [0.29, 0.717) is 11.7 Å². The van der Waals surface area contributed by atoms with E-state index in [0.717, 1.165) is 28.0 Å². The molecule has 0 aliphatic rings. The van der Waals surface area contributed by atoms with Gasteiger partial charge in [0, 0.05) is 23.7 Å². The second kappa shape index (κ2) is 4.94. The number of benzene rings is 1. The Hall–Kier alpha value is -2.00. The lowest BCUT2D eigenvalue weighted by Gasteiger charge is -2.07. The highest BCUT2D eigenvalue weighted by molar-refractivity contribution is 6.31. The summed E-state index contributed by atoms with van der Waals surface area (Å²) in [5.41, 5.74) is 2.89. The van der Waals surface area contributed by atoms with Crippen LogP contribution in [0.25, 0.3) is 11.0 Å². The van der Waals surface area contributed by atoms with Gasteiger partial charge in [-0.3, -0.25) is 0 Å². The van der Waals surface area contributed by atoms with Gasteiger partial charge in [-0.05, 0) is 25.1 Å². The molecule has 0 atom stereocenters. The maximum Gasteiger partial charge on any atom is 0.152 e. The van der Waals surface area contributed by atoms with Crippen LogP contribution in [0.15, 0.2) is 47.0 Å². The first-order valence-corrected chi connectivity index (χ1v) is 6.45. The maximum absolute atomic E-state index is 6.03. The standard InChI is InChI=1S/C15H13ClN2O/c1-10-12(11-5-2-3-7-14(11)19-10)9-18-13-6-4-8-17-15(13)16/h2-8,18H,9H2,1H3. The van der Waals surface area contributed by atoms with E-state index >= 15 is 0 Å². The summed E-state index contributed by atoms with van der Waals surface area (Å²) in [5.74, 6) is 0.925. The van der Waals surface area contributed by atoms with Crippen molar-refractivity contribution in [2.45, 2.75) is 13.5 Å². The lowest BCUT2D eigenvalue weighted by molar-refractivity contribution is 0.573. The number of furan rings is 1. The van der Waals surface area contributed by atoms with E-state index in [1.54, 1.807) is 6.20 Å². The van der Waals surface area contributed by atoms with Gasteiger partial charge in [0.1, 0.15) is 11.3 Å². The second-order valence-electron chi connectivity index (χ2n) is 4.33. The van der Waals surface area contributed by atoms with Gasteiger partial charge in [-0.1, -0.05) is 29.8 Å². The molecule has 0 amide bonds. The van der Waals surface area contributed by atoms with Gasteiger partial charge in [0.2, 0.25) is 0 Å². The fourth-order valence-corrected chi connectivity index (χ4v) is 2.33. The van der Waals surface area contributed by atoms with Crippen molar-refractivity contribution in [3.05, 3.63) is 59.1 Å². The number of nitrogens with zero attached hydrogens (tertiary/aromatic N) is 1. The number of hydrogen-bond acceptors (Lipinski definition) is 3. The topological polar surface area (TPSA) is 38.1 Å². The van der Waals surface area contributed by atoms with Crippen molar-refractivity contribution in [3.8, 4) is 0 Å². The number of halogens is 1. The molecule has 0 saturated heterocycles. The first-order chi connectivity index (χ1) is 9.25. The van der Waals surface area contributed by atoms with Crippen LogP contribution in [0.3, 0.4) is 0 Å². The van der Waals surface area contributed by atoms with E-state index in [2.05, 4.69) is 16.4 Å². The Bertz CT molecular complexity index is 721. The fourth-order valence-electron chi connectivity index (χ4n) is 2.14. The van der Waals surface area contributed by atoms with Crippen molar-refractivity contribution < 1.29 is 4.42 Å². The van der Waals surface area contributed by atoms with Crippen LogP contribution in [0.2, 0.25) is 5.15 Å². The number of pyridine rings is 1. The Labute approximate surface area is 116 Å². The van der Waals surface area contributed by atoms with Crippen molar-refractivity contribution >= 4 is 28.3 Å². The van der Waals surface area contributed by atoms with Gasteiger partial charge < -0.3 is 9.73 Å². The molecule has 0 aliphatic carbocycles. The predicted molar refractivity (Wildman–Crippen MR) is 77.5 cm³/mol. The van der Waals surface area contributed by atoms with Crippen LogP contribution < -0.4 is 5.32 Å². The van der Waals surface area contributed by atoms with Crippen LogP contribution >= 0.6 is 11.6 Å². The molecule has 19 heavy (non-hydrogen) atoms. The number of para-hydroxylation sites is 1. The summed E-state index contributed by atoms with van der Waals surface area (Å²) in [6, 6.07) is 11.8. The Kier molecular flexibility index (Phi) is 3.13. The van der Waals surface area contributed by atoms with Gasteiger partial charge in [0.05, 0.1) is 5.69 Å². The summed E-state index contributed by atoms with van der Waals surface area (Å²) >= 11 is 6.03. The summed E-state index contributed by atoms with van der Waals surface area (Å²) in [5, 5.41) is 4.91. The molecule has 4 heteroatoms. The van der Waals surface area contributed by atoms with E-state index in [9.17, 15) is 0 Å². The summed E-state index contributed by atoms with van der Waals surface area (Å²) in [4.78, 5) is 4.04. The Morgan fingerprint density at radius 1 is 1.21 bits per heavy atom. The molecule has 0 aliphatic heterocycles. The van der Waals surface area contributed by atoms with Crippen molar-refractivity contribution in [2.75, 3.05) is 5.32 Å². The number of anilines is 1. The van der Waals surface area contributed by atoms with Gasteiger partial charge in [0.25, 0.3) is 0 Å². The SMILES string of the molecule is Cc1oc2ccccc2c1CNc1cccnc1Cl. The second-order valence-corrected chi connectivity index (χ2v) is 4.69. The van der Waals surface area contributed by atoms with E-state index in [1.807, 2.05) is 37.3 Å². The van der Waals surface area contributed by atoms with Crippen molar-refractivity contribution in [3.63, 3.8) is 0 Å². The summed E-state index contributed by atoms with van der Waals surface area (Å²) in [6.45, 7) is 2.64. The Morgan fingerprint density at radius 2 is 2.05 bits per heavy atom. The average molecular weight is 273 g/mol. The first-order valence-electron chi connectivity index (χ1n) is 6.07. The maximum atomic E-state index is 6.03. The number of aryl methyl sites for hydroxylation is 1. The van der Waals surface area contributed by atoms with Crippen LogP contribution in [0.5, 0.6) is 0 Å². The highest BCUT2D eigenvalue weighted by Crippen LogP contribution is 2.27. The van der Waals surface area contributed by atoms with Crippen molar-refractivity contribution in [2.24, 2.45) is 0 Å². The molecular weight excluding hydrogens is 260 g/mol. The van der Waals surface area contributed by atoms with Crippen LogP contribution in [-0.2, 0) is 6.54 Å². The Balaban J connectivity index is 1.90. The predicted octanol–water partition coefficient (Wildman–Crippen LogP) is 4.40. The minimum absolute atomic E-state index is 0.480. The third-order valence-corrected chi connectivity index (χ3v) is 3.42. The van der Waals surface area contributed by atoms with E-state index in [1.165, 1.54) is 0 Å². The van der Waals surface area contributed by atoms with Crippen molar-refractivity contribution in [1.82, 2.24) is 4.98 Å². The molecule has 1 aromatic carbocycles. The number of fused-ring (bicyclic) bond motifs is 1. The molecule has 0 radical (unpaired) electrons. The summed E-state index contributed by atoms with van der Waals surface area (Å²) in [7, 11) is 0. The monoisotopic (exact) mass is 272 g/mol. The van der Waals surface area contributed by atoms with Crippen LogP contribution in [0.1, 0.15) is 11.3 Å². The molecule has 2 aromatic heterocycles. The zero-order chi connectivity index (χ0) is 13.2. The third-order valence-electron chi connectivity index (χ3n) is 3.11. The zero-order valence-electron chi connectivity index (χ0n) is 10.5. The van der Waals surface area contributed by atoms with E-state index in [4.69, 9.17) is 16.0 Å². The smallest absolute Gasteiger partial charge is 0.152 e. The van der Waals surface area contributed by atoms with Gasteiger partial charge in [0.15, 0.2) is 5.15 Å². The summed E-state index contributed by atoms with van der Waals surface area (Å²) in [6.07, 6.45) is 1.67. The van der Waals surface area contributed by atoms with Crippen molar-refractivity contribution in [1.29, 1.82) is 0 Å². The average Bonchev–Trinajstić information content (AvgIpc) is 2.74. The fraction of sp³-hybridized carbons (Fsp3) is 0.133. The minimum Gasteiger partial charge on any atom is -0.461 e. The quantitative estimate of drug-likeness (QED) is 0.718. The molecule has 0 fully saturated rings. The number of hydrogen-bond donors (Lipinski definition) is 1. The molecule has 0 bridgehead atoms. The lowest BCUT2D eigenvalue weighted by atomic mass is 10.1. The number of aromatic nitrogens is 1.